The summed E-state index contributed by atoms with van der Waals surface area (Å²) >= 11 is 1.67. The molecular weight excluding hydrogens is 436 g/mol. The molecule has 1 aromatic heterocycles. The van der Waals surface area contributed by atoms with E-state index in [1.807, 2.05) is 18.2 Å². The summed E-state index contributed by atoms with van der Waals surface area (Å²) in [7, 11) is 0. The van der Waals surface area contributed by atoms with Gasteiger partial charge in [0.15, 0.2) is 5.13 Å². The van der Waals surface area contributed by atoms with Crippen LogP contribution in [-0.2, 0) is 0 Å². The zero-order valence-electron chi connectivity index (χ0n) is 17.0. The monoisotopic (exact) mass is 456 g/mol. The number of rotatable bonds is 7. The molecule has 166 valence electrons. The van der Waals surface area contributed by atoms with E-state index in [0.717, 1.165) is 59.7 Å². The number of benzene rings is 2. The quantitative estimate of drug-likeness (QED) is 0.423. The molecule has 1 N–H and O–H groups in total. The molecule has 12 heteroatoms. The second kappa shape index (κ2) is 9.24. The first-order chi connectivity index (χ1) is 15.4. The third-order valence-corrected chi connectivity index (χ3v) is 6.32. The number of nitro benzene ring substituents is 2. The van der Waals surface area contributed by atoms with E-state index in [1.54, 1.807) is 11.3 Å². The third-order valence-electron chi connectivity index (χ3n) is 5.23. The highest BCUT2D eigenvalue weighted by Crippen LogP contribution is 2.29. The average Bonchev–Trinajstić information content (AvgIpc) is 3.23. The Kier molecular flexibility index (Phi) is 6.23. The van der Waals surface area contributed by atoms with Gasteiger partial charge >= 0.3 is 0 Å². The zero-order chi connectivity index (χ0) is 22.7. The van der Waals surface area contributed by atoms with Crippen molar-refractivity contribution in [3.05, 3.63) is 68.3 Å². The largest absolute Gasteiger partial charge is 0.351 e. The molecule has 0 unspecified atom stereocenters. The normalized spacial score (nSPS) is 14.4. The fourth-order valence-electron chi connectivity index (χ4n) is 3.52. The molecule has 3 aromatic rings. The van der Waals surface area contributed by atoms with E-state index in [0.29, 0.717) is 13.1 Å². The lowest BCUT2D eigenvalue weighted by Gasteiger charge is -2.34. The first kappa shape index (κ1) is 21.6. The van der Waals surface area contributed by atoms with Crippen molar-refractivity contribution in [2.24, 2.45) is 0 Å². The number of nitrogens with zero attached hydrogens (tertiary/aromatic N) is 5. The lowest BCUT2D eigenvalue weighted by Crippen LogP contribution is -2.48. The number of thiazole rings is 1. The maximum Gasteiger partial charge on any atom is 0.277 e. The predicted molar refractivity (Wildman–Crippen MR) is 120 cm³/mol. The highest BCUT2D eigenvalue weighted by Gasteiger charge is 2.21. The second-order valence-electron chi connectivity index (χ2n) is 7.30. The first-order valence-corrected chi connectivity index (χ1v) is 10.8. The molecule has 2 heterocycles. The number of piperazine rings is 1. The molecule has 0 atom stereocenters. The standard InChI is InChI=1S/C20H20N6O5S/c27-19(14-11-15(25(28)29)13-16(12-14)26(30)31)21-5-6-23-7-9-24(10-8-23)20-22-17-3-1-2-4-18(17)32-20/h1-4,11-13H,5-10H2,(H,21,27). The minimum Gasteiger partial charge on any atom is -0.351 e. The number of fused-ring (bicyclic) bond motifs is 1. The van der Waals surface area contributed by atoms with Gasteiger partial charge < -0.3 is 10.2 Å². The molecule has 1 aliphatic heterocycles. The molecule has 0 radical (unpaired) electrons. The van der Waals surface area contributed by atoms with Gasteiger partial charge in [-0.05, 0) is 12.1 Å². The van der Waals surface area contributed by atoms with Crippen molar-refractivity contribution < 1.29 is 14.6 Å². The van der Waals surface area contributed by atoms with Gasteiger partial charge in [-0.2, -0.15) is 0 Å². The van der Waals surface area contributed by atoms with Gasteiger partial charge in [0.05, 0.1) is 31.7 Å². The summed E-state index contributed by atoms with van der Waals surface area (Å²) in [4.78, 5) is 42.0. The highest BCUT2D eigenvalue weighted by atomic mass is 32.1. The number of para-hydroxylation sites is 1. The number of carbonyl (C=O) groups excluding carboxylic acids is 1. The Bertz CT molecular complexity index is 1110. The van der Waals surface area contributed by atoms with Crippen LogP contribution in [0.4, 0.5) is 16.5 Å². The van der Waals surface area contributed by atoms with Crippen molar-refractivity contribution in [3.8, 4) is 0 Å². The number of nitrogens with one attached hydrogen (secondary N) is 1. The lowest BCUT2D eigenvalue weighted by molar-refractivity contribution is -0.394. The summed E-state index contributed by atoms with van der Waals surface area (Å²) in [6.45, 7) is 4.21. The molecule has 4 rings (SSSR count). The van der Waals surface area contributed by atoms with Gasteiger partial charge in [0.2, 0.25) is 0 Å². The van der Waals surface area contributed by atoms with E-state index in [1.165, 1.54) is 0 Å². The van der Waals surface area contributed by atoms with Gasteiger partial charge in [-0.1, -0.05) is 23.5 Å². The molecule has 0 saturated carbocycles. The van der Waals surface area contributed by atoms with Gasteiger partial charge in [-0.3, -0.25) is 29.9 Å². The van der Waals surface area contributed by atoms with Crippen LogP contribution in [0.3, 0.4) is 0 Å². The second-order valence-corrected chi connectivity index (χ2v) is 8.31. The molecule has 11 nitrogen and oxygen atoms in total. The van der Waals surface area contributed by atoms with Gasteiger partial charge in [0.1, 0.15) is 0 Å². The van der Waals surface area contributed by atoms with Crippen LogP contribution >= 0.6 is 11.3 Å². The van der Waals surface area contributed by atoms with Crippen LogP contribution in [0.2, 0.25) is 0 Å². The summed E-state index contributed by atoms with van der Waals surface area (Å²) in [6.07, 6.45) is 0. The number of hydrogen-bond acceptors (Lipinski definition) is 9. The molecule has 1 saturated heterocycles. The number of hydrogen-bond donors (Lipinski definition) is 1. The third kappa shape index (κ3) is 4.81. The summed E-state index contributed by atoms with van der Waals surface area (Å²) in [5.41, 5.74) is -0.0868. The summed E-state index contributed by atoms with van der Waals surface area (Å²) in [5, 5.41) is 25.7. The predicted octanol–water partition coefficient (Wildman–Crippen LogP) is 2.66. The van der Waals surface area contributed by atoms with Crippen molar-refractivity contribution in [1.29, 1.82) is 0 Å². The van der Waals surface area contributed by atoms with Crippen molar-refractivity contribution in [1.82, 2.24) is 15.2 Å². The molecule has 1 fully saturated rings. The number of aromatic nitrogens is 1. The number of nitro groups is 2. The van der Waals surface area contributed by atoms with Crippen LogP contribution < -0.4 is 10.2 Å². The Morgan fingerprint density at radius 2 is 1.69 bits per heavy atom. The molecule has 1 amide bonds. The number of non-ortho nitro benzene ring substituents is 2. The molecule has 1 aliphatic rings. The van der Waals surface area contributed by atoms with E-state index < -0.39 is 27.1 Å². The van der Waals surface area contributed by atoms with E-state index in [9.17, 15) is 25.0 Å². The van der Waals surface area contributed by atoms with Crippen molar-refractivity contribution >= 4 is 44.0 Å². The Hall–Kier alpha value is -3.64. The van der Waals surface area contributed by atoms with E-state index in [2.05, 4.69) is 21.2 Å². The molecule has 2 aromatic carbocycles. The van der Waals surface area contributed by atoms with Gasteiger partial charge in [-0.15, -0.1) is 0 Å². The Labute approximate surface area is 186 Å². The molecular formula is C20H20N6O5S. The number of amides is 1. The summed E-state index contributed by atoms with van der Waals surface area (Å²) in [5.74, 6) is -0.579. The summed E-state index contributed by atoms with van der Waals surface area (Å²) < 4.78 is 1.16. The Balaban J connectivity index is 1.28. The maximum absolute atomic E-state index is 12.4. The van der Waals surface area contributed by atoms with Crippen molar-refractivity contribution in [2.75, 3.05) is 44.2 Å². The molecule has 0 spiro atoms. The van der Waals surface area contributed by atoms with E-state index >= 15 is 0 Å². The van der Waals surface area contributed by atoms with Gasteiger partial charge in [-0.25, -0.2) is 4.98 Å². The summed E-state index contributed by atoms with van der Waals surface area (Å²) in [6, 6.07) is 11.0. The first-order valence-electron chi connectivity index (χ1n) is 9.95. The lowest BCUT2D eigenvalue weighted by atomic mass is 10.1. The van der Waals surface area contributed by atoms with Crippen LogP contribution in [0.1, 0.15) is 10.4 Å². The SMILES string of the molecule is O=C(NCCN1CCN(c2nc3ccccc3s2)CC1)c1cc([N+](=O)[O-])cc([N+](=O)[O-])c1. The molecule has 0 aliphatic carbocycles. The minimum absolute atomic E-state index is 0.105. The van der Waals surface area contributed by atoms with E-state index in [4.69, 9.17) is 4.98 Å². The fourth-order valence-corrected chi connectivity index (χ4v) is 4.54. The van der Waals surface area contributed by atoms with Crippen LogP contribution in [0.15, 0.2) is 42.5 Å². The highest BCUT2D eigenvalue weighted by molar-refractivity contribution is 7.22. The average molecular weight is 456 g/mol. The van der Waals surface area contributed by atoms with Crippen molar-refractivity contribution in [3.63, 3.8) is 0 Å². The van der Waals surface area contributed by atoms with Crippen molar-refractivity contribution in [2.45, 2.75) is 0 Å². The maximum atomic E-state index is 12.4. The smallest absolute Gasteiger partial charge is 0.277 e. The molecule has 32 heavy (non-hydrogen) atoms. The minimum atomic E-state index is -0.755. The molecule has 0 bridgehead atoms. The number of carbonyl (C=O) groups is 1. The Morgan fingerprint density at radius 1 is 1.03 bits per heavy atom. The van der Waals surface area contributed by atoms with Crippen LogP contribution in [0.5, 0.6) is 0 Å². The van der Waals surface area contributed by atoms with E-state index in [-0.39, 0.29) is 5.56 Å². The fraction of sp³-hybridized carbons (Fsp3) is 0.300. The van der Waals surface area contributed by atoms with Crippen LogP contribution in [0.25, 0.3) is 10.2 Å². The van der Waals surface area contributed by atoms with Gasteiger partial charge in [0.25, 0.3) is 17.3 Å². The topological polar surface area (TPSA) is 135 Å². The number of anilines is 1. The van der Waals surface area contributed by atoms with Crippen LogP contribution in [-0.4, -0.2) is 64.9 Å². The van der Waals surface area contributed by atoms with Gasteiger partial charge in [0, 0.05) is 51.4 Å². The van der Waals surface area contributed by atoms with Crippen LogP contribution in [0, 0.1) is 20.2 Å². The Morgan fingerprint density at radius 3 is 2.31 bits per heavy atom. The zero-order valence-corrected chi connectivity index (χ0v) is 17.8.